The van der Waals surface area contributed by atoms with Crippen molar-refractivity contribution in [2.24, 2.45) is 0 Å². The van der Waals surface area contributed by atoms with E-state index >= 15 is 0 Å². The highest BCUT2D eigenvalue weighted by molar-refractivity contribution is 7.88. The van der Waals surface area contributed by atoms with Crippen molar-refractivity contribution in [1.29, 1.82) is 0 Å². The number of piperidine rings is 1. The first-order chi connectivity index (χ1) is 14.0. The van der Waals surface area contributed by atoms with Gasteiger partial charge in [-0.25, -0.2) is 22.7 Å². The van der Waals surface area contributed by atoms with Crippen LogP contribution in [0.15, 0.2) is 24.7 Å². The highest BCUT2D eigenvalue weighted by Crippen LogP contribution is 2.35. The molecule has 152 valence electrons. The number of nitrogens with zero attached hydrogens (tertiary/aromatic N) is 5. The first-order valence-corrected chi connectivity index (χ1v) is 12.0. The molecule has 0 amide bonds. The summed E-state index contributed by atoms with van der Waals surface area (Å²) in [5.74, 6) is 0.285. The van der Waals surface area contributed by atoms with Gasteiger partial charge in [-0.05, 0) is 18.9 Å². The minimum absolute atomic E-state index is 0.285. The van der Waals surface area contributed by atoms with E-state index < -0.39 is 10.0 Å². The fraction of sp³-hybridized carbons (Fsp3) is 0.476. The van der Waals surface area contributed by atoms with Gasteiger partial charge < -0.3 is 4.90 Å². The minimum Gasteiger partial charge on any atom is -0.366 e. The van der Waals surface area contributed by atoms with Crippen molar-refractivity contribution in [1.82, 2.24) is 19.3 Å². The Labute approximate surface area is 171 Å². The largest absolute Gasteiger partial charge is 0.366 e. The van der Waals surface area contributed by atoms with E-state index in [2.05, 4.69) is 38.1 Å². The molecule has 2 aromatic heterocycles. The number of fused-ring (bicyclic) bond motifs is 2. The predicted octanol–water partition coefficient (Wildman–Crippen LogP) is 2.14. The van der Waals surface area contributed by atoms with Gasteiger partial charge in [0.1, 0.15) is 6.33 Å². The van der Waals surface area contributed by atoms with E-state index in [-0.39, 0.29) is 5.92 Å². The fourth-order valence-corrected chi connectivity index (χ4v) is 5.67. The molecule has 2 aliphatic heterocycles. The summed E-state index contributed by atoms with van der Waals surface area (Å²) >= 11 is 0. The lowest BCUT2D eigenvalue weighted by Gasteiger charge is -2.35. The topological polar surface area (TPSA) is 79.3 Å². The first kappa shape index (κ1) is 18.7. The molecule has 4 heterocycles. The van der Waals surface area contributed by atoms with Crippen LogP contribution in [0, 0.1) is 0 Å². The lowest BCUT2D eigenvalue weighted by atomic mass is 9.89. The number of allylic oxidation sites excluding steroid dienone is 1. The van der Waals surface area contributed by atoms with Crippen LogP contribution in [0.5, 0.6) is 0 Å². The molecular formula is C21H25N5O2S. The van der Waals surface area contributed by atoms with E-state index in [9.17, 15) is 8.42 Å². The first-order valence-electron chi connectivity index (χ1n) is 10.2. The van der Waals surface area contributed by atoms with Crippen LogP contribution in [-0.2, 0) is 29.4 Å². The van der Waals surface area contributed by atoms with Gasteiger partial charge >= 0.3 is 0 Å². The van der Waals surface area contributed by atoms with Gasteiger partial charge in [-0.3, -0.25) is 4.98 Å². The average Bonchev–Trinajstić information content (AvgIpc) is 3.21. The number of anilines is 1. The number of hydrogen-bond donors (Lipinski definition) is 0. The standard InChI is InChI=1S/C21H25N5O2S/c1-29(27,28)26-11-6-15(7-12-26)21-17-13-25(10-8-19(17)23-14-24-21)20-5-9-22-18-4-2-3-16(18)20/h2-3,5,9,14-15H,4,6-8,10-13H2,1H3. The molecule has 0 radical (unpaired) electrons. The zero-order valence-electron chi connectivity index (χ0n) is 16.6. The Morgan fingerprint density at radius 3 is 2.69 bits per heavy atom. The molecule has 0 N–H and O–H groups in total. The molecule has 7 nitrogen and oxygen atoms in total. The smallest absolute Gasteiger partial charge is 0.211 e. The van der Waals surface area contributed by atoms with E-state index in [4.69, 9.17) is 0 Å². The van der Waals surface area contributed by atoms with Crippen molar-refractivity contribution in [2.45, 2.75) is 38.1 Å². The van der Waals surface area contributed by atoms with Crippen molar-refractivity contribution in [3.63, 3.8) is 0 Å². The molecule has 0 bridgehead atoms. The highest BCUT2D eigenvalue weighted by atomic mass is 32.2. The summed E-state index contributed by atoms with van der Waals surface area (Å²) in [6.45, 7) is 2.85. The van der Waals surface area contributed by atoms with Crippen LogP contribution in [0.25, 0.3) is 6.08 Å². The SMILES string of the molecule is CS(=O)(=O)N1CCC(c2ncnc3c2CN(c2ccnc4c2C=CC4)CC3)CC1. The van der Waals surface area contributed by atoms with E-state index in [1.165, 1.54) is 23.1 Å². The van der Waals surface area contributed by atoms with E-state index in [1.807, 2.05) is 6.20 Å². The maximum Gasteiger partial charge on any atom is 0.211 e. The van der Waals surface area contributed by atoms with Crippen LogP contribution in [0.1, 0.15) is 47.0 Å². The Bertz CT molecular complexity index is 1070. The summed E-state index contributed by atoms with van der Waals surface area (Å²) in [7, 11) is -3.12. The van der Waals surface area contributed by atoms with Crippen LogP contribution < -0.4 is 4.90 Å². The molecular weight excluding hydrogens is 386 g/mol. The monoisotopic (exact) mass is 411 g/mol. The molecule has 0 spiro atoms. The summed E-state index contributed by atoms with van der Waals surface area (Å²) in [5, 5.41) is 0. The number of hydrogen-bond acceptors (Lipinski definition) is 6. The number of rotatable bonds is 3. The number of pyridine rings is 1. The van der Waals surface area contributed by atoms with Gasteiger partial charge in [0.2, 0.25) is 10.0 Å². The molecule has 3 aliphatic rings. The van der Waals surface area contributed by atoms with E-state index in [1.54, 1.807) is 10.6 Å². The van der Waals surface area contributed by atoms with Gasteiger partial charge in [-0.2, -0.15) is 0 Å². The third kappa shape index (κ3) is 3.44. The van der Waals surface area contributed by atoms with Crippen LogP contribution >= 0.6 is 0 Å². The Morgan fingerprint density at radius 1 is 1.07 bits per heavy atom. The quantitative estimate of drug-likeness (QED) is 0.770. The minimum atomic E-state index is -3.12. The summed E-state index contributed by atoms with van der Waals surface area (Å²) in [5.41, 5.74) is 7.08. The molecule has 2 aromatic rings. The number of aromatic nitrogens is 3. The van der Waals surface area contributed by atoms with Gasteiger partial charge in [0.25, 0.3) is 0 Å². The molecule has 5 rings (SSSR count). The summed E-state index contributed by atoms with van der Waals surface area (Å²) in [6.07, 6.45) is 12.6. The zero-order valence-corrected chi connectivity index (χ0v) is 17.4. The summed E-state index contributed by atoms with van der Waals surface area (Å²) in [4.78, 5) is 16.2. The molecule has 1 aliphatic carbocycles. The maximum absolute atomic E-state index is 11.8. The summed E-state index contributed by atoms with van der Waals surface area (Å²) < 4.78 is 25.3. The third-order valence-electron chi connectivity index (χ3n) is 6.33. The van der Waals surface area contributed by atoms with Crippen molar-refractivity contribution in [3.05, 3.63) is 52.9 Å². The summed E-state index contributed by atoms with van der Waals surface area (Å²) in [6, 6.07) is 2.10. The molecule has 0 saturated carbocycles. The van der Waals surface area contributed by atoms with Gasteiger partial charge in [0.05, 0.1) is 23.3 Å². The van der Waals surface area contributed by atoms with Crippen LogP contribution in [-0.4, -0.2) is 53.6 Å². The average molecular weight is 412 g/mol. The molecule has 1 saturated heterocycles. The van der Waals surface area contributed by atoms with Crippen molar-refractivity contribution in [3.8, 4) is 0 Å². The van der Waals surface area contributed by atoms with Gasteiger partial charge in [-0.1, -0.05) is 12.2 Å². The lowest BCUT2D eigenvalue weighted by molar-refractivity contribution is 0.317. The molecule has 0 atom stereocenters. The van der Waals surface area contributed by atoms with Crippen LogP contribution in [0.3, 0.4) is 0 Å². The van der Waals surface area contributed by atoms with Gasteiger partial charge in [0, 0.05) is 67.9 Å². The Balaban J connectivity index is 1.42. The van der Waals surface area contributed by atoms with E-state index in [0.717, 1.165) is 55.9 Å². The predicted molar refractivity (Wildman–Crippen MR) is 112 cm³/mol. The number of sulfonamides is 1. The molecule has 0 unspecified atom stereocenters. The van der Waals surface area contributed by atoms with Crippen LogP contribution in [0.4, 0.5) is 5.69 Å². The van der Waals surface area contributed by atoms with Crippen molar-refractivity contribution in [2.75, 3.05) is 30.8 Å². The second-order valence-corrected chi connectivity index (χ2v) is 10.1. The van der Waals surface area contributed by atoms with E-state index in [0.29, 0.717) is 13.1 Å². The molecule has 0 aromatic carbocycles. The fourth-order valence-electron chi connectivity index (χ4n) is 4.79. The highest BCUT2D eigenvalue weighted by Gasteiger charge is 2.31. The van der Waals surface area contributed by atoms with Crippen molar-refractivity contribution >= 4 is 21.8 Å². The Kier molecular flexibility index (Phi) is 4.63. The van der Waals surface area contributed by atoms with Gasteiger partial charge in [0.15, 0.2) is 0 Å². The molecule has 8 heteroatoms. The Hall–Kier alpha value is -2.32. The normalized spacial score (nSPS) is 20.0. The maximum atomic E-state index is 11.8. The van der Waals surface area contributed by atoms with Gasteiger partial charge in [-0.15, -0.1) is 0 Å². The zero-order chi connectivity index (χ0) is 20.0. The lowest BCUT2D eigenvalue weighted by Crippen LogP contribution is -2.38. The van der Waals surface area contributed by atoms with Crippen LogP contribution in [0.2, 0.25) is 0 Å². The Morgan fingerprint density at radius 2 is 1.90 bits per heavy atom. The molecule has 1 fully saturated rings. The second-order valence-electron chi connectivity index (χ2n) is 8.09. The second kappa shape index (κ2) is 7.18. The van der Waals surface area contributed by atoms with Crippen molar-refractivity contribution < 1.29 is 8.42 Å². The molecule has 29 heavy (non-hydrogen) atoms. The third-order valence-corrected chi connectivity index (χ3v) is 7.63.